The van der Waals surface area contributed by atoms with E-state index in [1.807, 2.05) is 29.2 Å². The molecule has 5 heteroatoms. The molecule has 1 amide bonds. The van der Waals surface area contributed by atoms with Crippen LogP contribution in [0.4, 0.5) is 5.69 Å². The fourth-order valence-electron chi connectivity index (χ4n) is 2.57. The third-order valence-electron chi connectivity index (χ3n) is 3.68. The predicted octanol–water partition coefficient (Wildman–Crippen LogP) is 1.61. The van der Waals surface area contributed by atoms with E-state index in [1.54, 1.807) is 7.11 Å². The molecule has 0 saturated carbocycles. The summed E-state index contributed by atoms with van der Waals surface area (Å²) in [4.78, 5) is 17.3. The number of nitrogens with one attached hydrogen (secondary N) is 1. The summed E-state index contributed by atoms with van der Waals surface area (Å²) in [6.07, 6.45) is 1.04. The fraction of sp³-hybridized carbons (Fsp3) is 0.357. The van der Waals surface area contributed by atoms with E-state index in [4.69, 9.17) is 10.5 Å². The number of carbonyl (C=O) groups excluding carboxylic acids is 1. The summed E-state index contributed by atoms with van der Waals surface area (Å²) in [5.41, 5.74) is 7.97. The van der Waals surface area contributed by atoms with Crippen LogP contribution in [0.2, 0.25) is 0 Å². The van der Waals surface area contributed by atoms with Crippen LogP contribution in [0.1, 0.15) is 16.9 Å². The quantitative estimate of drug-likeness (QED) is 0.805. The highest BCUT2D eigenvalue weighted by Gasteiger charge is 2.27. The molecule has 2 heterocycles. The SMILES string of the molecule is COC1CCN(C(=O)c2cc3cccc(N)c3[nH]2)C1. The van der Waals surface area contributed by atoms with Crippen LogP contribution in [0, 0.1) is 0 Å². The number of nitrogens with zero attached hydrogens (tertiary/aromatic N) is 1. The number of hydrogen-bond donors (Lipinski definition) is 2. The number of nitrogens with two attached hydrogens (primary N) is 1. The number of amides is 1. The van der Waals surface area contributed by atoms with Crippen molar-refractivity contribution < 1.29 is 9.53 Å². The third kappa shape index (κ3) is 2.06. The van der Waals surface area contributed by atoms with E-state index < -0.39 is 0 Å². The van der Waals surface area contributed by atoms with Crippen molar-refractivity contribution in [2.45, 2.75) is 12.5 Å². The molecule has 19 heavy (non-hydrogen) atoms. The van der Waals surface area contributed by atoms with Crippen LogP contribution in [0.3, 0.4) is 0 Å². The molecule has 5 nitrogen and oxygen atoms in total. The van der Waals surface area contributed by atoms with Crippen molar-refractivity contribution in [1.29, 1.82) is 0 Å². The number of nitrogen functional groups attached to an aromatic ring is 1. The van der Waals surface area contributed by atoms with Gasteiger partial charge in [-0.3, -0.25) is 4.79 Å². The van der Waals surface area contributed by atoms with Gasteiger partial charge in [0.25, 0.3) is 5.91 Å². The van der Waals surface area contributed by atoms with Crippen LogP contribution in [0.15, 0.2) is 24.3 Å². The van der Waals surface area contributed by atoms with Gasteiger partial charge >= 0.3 is 0 Å². The Bertz CT molecular complexity index is 620. The number of likely N-dealkylation sites (tertiary alicyclic amines) is 1. The molecule has 0 radical (unpaired) electrons. The van der Waals surface area contributed by atoms with Gasteiger partial charge in [-0.2, -0.15) is 0 Å². The number of aromatic nitrogens is 1. The molecule has 2 aromatic rings. The van der Waals surface area contributed by atoms with Crippen molar-refractivity contribution in [3.8, 4) is 0 Å². The molecule has 0 spiro atoms. The van der Waals surface area contributed by atoms with Gasteiger partial charge in [0, 0.05) is 25.6 Å². The molecule has 100 valence electrons. The highest BCUT2D eigenvalue weighted by Crippen LogP contribution is 2.23. The Kier molecular flexibility index (Phi) is 2.91. The van der Waals surface area contributed by atoms with Crippen LogP contribution < -0.4 is 5.73 Å². The average Bonchev–Trinajstić information content (AvgIpc) is 3.05. The van der Waals surface area contributed by atoms with Gasteiger partial charge < -0.3 is 20.4 Å². The number of methoxy groups -OCH3 is 1. The smallest absolute Gasteiger partial charge is 0.270 e. The summed E-state index contributed by atoms with van der Waals surface area (Å²) in [5, 5.41) is 0.964. The number of H-pyrrole nitrogens is 1. The molecule has 3 N–H and O–H groups in total. The Morgan fingerprint density at radius 2 is 2.37 bits per heavy atom. The van der Waals surface area contributed by atoms with Crippen molar-refractivity contribution in [3.63, 3.8) is 0 Å². The van der Waals surface area contributed by atoms with Crippen molar-refractivity contribution >= 4 is 22.5 Å². The number of aromatic amines is 1. The minimum absolute atomic E-state index is 0.00940. The maximum atomic E-state index is 12.4. The normalized spacial score (nSPS) is 19.2. The van der Waals surface area contributed by atoms with Gasteiger partial charge in [0.05, 0.1) is 17.3 Å². The molecule has 3 rings (SSSR count). The van der Waals surface area contributed by atoms with Crippen molar-refractivity contribution in [2.75, 3.05) is 25.9 Å². The number of hydrogen-bond acceptors (Lipinski definition) is 3. The van der Waals surface area contributed by atoms with Crippen LogP contribution >= 0.6 is 0 Å². The van der Waals surface area contributed by atoms with Crippen molar-refractivity contribution in [3.05, 3.63) is 30.0 Å². The van der Waals surface area contributed by atoms with E-state index >= 15 is 0 Å². The van der Waals surface area contributed by atoms with Gasteiger partial charge in [0.15, 0.2) is 0 Å². The van der Waals surface area contributed by atoms with E-state index in [-0.39, 0.29) is 12.0 Å². The van der Waals surface area contributed by atoms with Gasteiger partial charge in [0.2, 0.25) is 0 Å². The number of para-hydroxylation sites is 1. The van der Waals surface area contributed by atoms with Gasteiger partial charge in [-0.05, 0) is 18.6 Å². The summed E-state index contributed by atoms with van der Waals surface area (Å²) in [6.45, 7) is 1.39. The lowest BCUT2D eigenvalue weighted by Gasteiger charge is -2.14. The molecule has 1 unspecified atom stereocenters. The zero-order valence-electron chi connectivity index (χ0n) is 10.8. The number of ether oxygens (including phenoxy) is 1. The first-order valence-corrected chi connectivity index (χ1v) is 6.38. The minimum Gasteiger partial charge on any atom is -0.397 e. The topological polar surface area (TPSA) is 71.3 Å². The molecule has 1 saturated heterocycles. The van der Waals surface area contributed by atoms with E-state index in [0.717, 1.165) is 23.9 Å². The predicted molar refractivity (Wildman–Crippen MR) is 74.0 cm³/mol. The minimum atomic E-state index is 0.00940. The molecule has 1 aromatic carbocycles. The van der Waals surface area contributed by atoms with Gasteiger partial charge in [-0.25, -0.2) is 0 Å². The van der Waals surface area contributed by atoms with Crippen LogP contribution in [-0.2, 0) is 4.74 Å². The second kappa shape index (κ2) is 4.59. The van der Waals surface area contributed by atoms with E-state index in [0.29, 0.717) is 17.9 Å². The number of benzene rings is 1. The molecule has 0 bridgehead atoms. The number of rotatable bonds is 2. The number of anilines is 1. The molecule has 1 aliphatic rings. The van der Waals surface area contributed by atoms with Crippen LogP contribution in [0.5, 0.6) is 0 Å². The first-order valence-electron chi connectivity index (χ1n) is 6.38. The Balaban J connectivity index is 1.88. The second-order valence-electron chi connectivity index (χ2n) is 4.89. The lowest BCUT2D eigenvalue weighted by molar-refractivity contribution is 0.0720. The maximum Gasteiger partial charge on any atom is 0.270 e. The van der Waals surface area contributed by atoms with E-state index in [1.165, 1.54) is 0 Å². The Morgan fingerprint density at radius 1 is 1.53 bits per heavy atom. The maximum absolute atomic E-state index is 12.4. The molecule has 1 atom stereocenters. The van der Waals surface area contributed by atoms with E-state index in [2.05, 4.69) is 4.98 Å². The van der Waals surface area contributed by atoms with Gasteiger partial charge in [-0.15, -0.1) is 0 Å². The van der Waals surface area contributed by atoms with Gasteiger partial charge in [0.1, 0.15) is 5.69 Å². The Labute approximate surface area is 111 Å². The number of fused-ring (bicyclic) bond motifs is 1. The van der Waals surface area contributed by atoms with Gasteiger partial charge in [-0.1, -0.05) is 12.1 Å². The monoisotopic (exact) mass is 259 g/mol. The highest BCUT2D eigenvalue weighted by atomic mass is 16.5. The summed E-state index contributed by atoms with van der Waals surface area (Å²) >= 11 is 0. The van der Waals surface area contributed by atoms with E-state index in [9.17, 15) is 4.79 Å². The molecular formula is C14H17N3O2. The second-order valence-corrected chi connectivity index (χ2v) is 4.89. The third-order valence-corrected chi connectivity index (χ3v) is 3.68. The summed E-state index contributed by atoms with van der Waals surface area (Å²) in [7, 11) is 1.68. The Hall–Kier alpha value is -2.01. The first kappa shape index (κ1) is 12.0. The lowest BCUT2D eigenvalue weighted by Crippen LogP contribution is -2.30. The zero-order valence-corrected chi connectivity index (χ0v) is 10.8. The molecule has 1 aromatic heterocycles. The largest absolute Gasteiger partial charge is 0.397 e. The zero-order chi connectivity index (χ0) is 13.4. The standard InChI is InChI=1S/C14H17N3O2/c1-19-10-5-6-17(8-10)14(18)12-7-9-3-2-4-11(15)13(9)16-12/h2-4,7,10,16H,5-6,8,15H2,1H3. The molecule has 1 aliphatic heterocycles. The fourth-order valence-corrected chi connectivity index (χ4v) is 2.57. The lowest BCUT2D eigenvalue weighted by atomic mass is 10.2. The van der Waals surface area contributed by atoms with Crippen LogP contribution in [0.25, 0.3) is 10.9 Å². The first-order chi connectivity index (χ1) is 9.19. The summed E-state index contributed by atoms with van der Waals surface area (Å²) in [5.74, 6) is 0.00940. The molecular weight excluding hydrogens is 242 g/mol. The molecule has 1 fully saturated rings. The summed E-state index contributed by atoms with van der Waals surface area (Å²) in [6, 6.07) is 7.51. The molecule has 0 aliphatic carbocycles. The highest BCUT2D eigenvalue weighted by molar-refractivity contribution is 6.00. The van der Waals surface area contributed by atoms with Crippen LogP contribution in [-0.4, -0.2) is 42.1 Å². The number of carbonyl (C=O) groups is 1. The average molecular weight is 259 g/mol. The summed E-state index contributed by atoms with van der Waals surface area (Å²) < 4.78 is 5.28. The van der Waals surface area contributed by atoms with Crippen molar-refractivity contribution in [1.82, 2.24) is 9.88 Å². The van der Waals surface area contributed by atoms with Crippen molar-refractivity contribution in [2.24, 2.45) is 0 Å². The Morgan fingerprint density at radius 3 is 3.05 bits per heavy atom.